The van der Waals surface area contributed by atoms with Crippen molar-refractivity contribution in [1.29, 1.82) is 0 Å². The monoisotopic (exact) mass is 752 g/mol. The molecular weight excluding hydrogens is 704 g/mol. The van der Waals surface area contributed by atoms with E-state index in [1.54, 1.807) is 23.1 Å². The fourth-order valence-corrected chi connectivity index (χ4v) is 9.39. The van der Waals surface area contributed by atoms with E-state index in [2.05, 4.69) is 49.3 Å². The fourth-order valence-electron chi connectivity index (χ4n) is 8.40. The summed E-state index contributed by atoms with van der Waals surface area (Å²) in [5, 5.41) is 0.691. The van der Waals surface area contributed by atoms with Gasteiger partial charge in [0, 0.05) is 40.7 Å². The van der Waals surface area contributed by atoms with Gasteiger partial charge in [-0.05, 0) is 86.4 Å². The molecule has 3 unspecified atom stereocenters. The first kappa shape index (κ1) is 37.5. The molecule has 0 radical (unpaired) electrons. The van der Waals surface area contributed by atoms with Crippen LogP contribution < -0.4 is 9.46 Å². The molecule has 4 bridgehead atoms. The molecule has 5 heterocycles. The topological polar surface area (TPSA) is 119 Å². The van der Waals surface area contributed by atoms with Crippen LogP contribution in [0.5, 0.6) is 5.88 Å². The van der Waals surface area contributed by atoms with E-state index in [0.717, 1.165) is 41.6 Å². The van der Waals surface area contributed by atoms with Gasteiger partial charge < -0.3 is 14.2 Å². The van der Waals surface area contributed by atoms with Gasteiger partial charge in [0.05, 0.1) is 22.7 Å². The molecule has 54 heavy (non-hydrogen) atoms. The van der Waals surface area contributed by atoms with Gasteiger partial charge in [0.2, 0.25) is 11.8 Å². The maximum absolute atomic E-state index is 16.6. The first-order valence-corrected chi connectivity index (χ1v) is 20.2. The normalized spacial score (nSPS) is 20.3. The van der Waals surface area contributed by atoms with Gasteiger partial charge >= 0.3 is 0 Å². The molecule has 10 nitrogen and oxygen atoms in total. The number of anilines is 1. The van der Waals surface area contributed by atoms with E-state index in [0.29, 0.717) is 29.1 Å². The number of carbonyl (C=O) groups is 1. The summed E-state index contributed by atoms with van der Waals surface area (Å²) in [6.07, 6.45) is 2.78. The SMILES string of the molecule is Cc1cccc(C)c1-c1cc2nc(n1)NS(=O)(=O)c1cccc(c1)C(=O)N1C(c3nc4c(cc3F)cc(C(C)(C)C)n4C)CCCC(CC(C)C)C1CO2. The molecule has 1 N–H and O–H groups in total. The maximum atomic E-state index is 16.6. The lowest BCUT2D eigenvalue weighted by atomic mass is 9.87. The molecule has 7 rings (SSSR count). The summed E-state index contributed by atoms with van der Waals surface area (Å²) in [6.45, 7) is 14.6. The van der Waals surface area contributed by atoms with E-state index >= 15 is 9.18 Å². The molecular formula is C42H49FN6O4S. The Morgan fingerprint density at radius 1 is 0.981 bits per heavy atom. The summed E-state index contributed by atoms with van der Waals surface area (Å²) in [4.78, 5) is 30.9. The molecule has 2 aromatic carbocycles. The van der Waals surface area contributed by atoms with Crippen LogP contribution in [0.2, 0.25) is 0 Å². The van der Waals surface area contributed by atoms with Crippen LogP contribution in [0.25, 0.3) is 22.3 Å². The smallest absolute Gasteiger partial charge is 0.264 e. The molecule has 2 aliphatic heterocycles. The maximum Gasteiger partial charge on any atom is 0.264 e. The van der Waals surface area contributed by atoms with Gasteiger partial charge in [0.25, 0.3) is 15.9 Å². The lowest BCUT2D eigenvalue weighted by molar-refractivity contribution is 0.0349. The fraction of sp³-hybridized carbons (Fsp3) is 0.429. The number of nitrogens with one attached hydrogen (secondary N) is 1. The molecule has 1 fully saturated rings. The molecule has 3 aromatic heterocycles. The van der Waals surface area contributed by atoms with E-state index in [9.17, 15) is 8.42 Å². The lowest BCUT2D eigenvalue weighted by Crippen LogP contribution is -2.49. The van der Waals surface area contributed by atoms with Gasteiger partial charge in [-0.15, -0.1) is 0 Å². The van der Waals surface area contributed by atoms with Crippen LogP contribution in [0.1, 0.15) is 99.2 Å². The summed E-state index contributed by atoms with van der Waals surface area (Å²) < 4.78 is 55.5. The zero-order chi connectivity index (χ0) is 38.7. The van der Waals surface area contributed by atoms with Crippen molar-refractivity contribution in [2.75, 3.05) is 11.3 Å². The molecule has 0 saturated carbocycles. The number of carbonyl (C=O) groups excluding carboxylic acids is 1. The number of rotatable bonds is 4. The van der Waals surface area contributed by atoms with Gasteiger partial charge in [-0.1, -0.05) is 65.3 Å². The second kappa shape index (κ2) is 14.1. The number of aryl methyl sites for hydroxylation is 3. The zero-order valence-corrected chi connectivity index (χ0v) is 33.1. The molecule has 0 spiro atoms. The number of hydrogen-bond donors (Lipinski definition) is 1. The van der Waals surface area contributed by atoms with Crippen LogP contribution >= 0.6 is 0 Å². The van der Waals surface area contributed by atoms with Gasteiger partial charge in [-0.3, -0.25) is 4.79 Å². The highest BCUT2D eigenvalue weighted by atomic mass is 32.2. The first-order valence-electron chi connectivity index (χ1n) is 18.7. The standard InChI is InChI=1S/C42H49FN6O4S/c1-24(2)18-27-14-11-17-33(38-31(43)20-29-21-35(42(5,6)7)48(8)39(29)46-38)49-34(27)23-53-36-22-32(37-25(3)12-9-13-26(37)4)44-41(45-36)47-54(51,52)30-16-10-15-28(19-30)40(49)50/h9-10,12-13,15-16,19-22,24,27,33-34H,11,14,17-18,23H2,1-8H3,(H,44,45,47). The van der Waals surface area contributed by atoms with E-state index in [1.807, 2.05) is 49.7 Å². The number of benzene rings is 2. The molecule has 1 amide bonds. The number of aromatic nitrogens is 4. The predicted octanol–water partition coefficient (Wildman–Crippen LogP) is 8.68. The highest BCUT2D eigenvalue weighted by molar-refractivity contribution is 7.92. The molecule has 12 heteroatoms. The summed E-state index contributed by atoms with van der Waals surface area (Å²) in [7, 11) is -2.31. The first-order chi connectivity index (χ1) is 25.5. The lowest BCUT2D eigenvalue weighted by Gasteiger charge is -2.40. The van der Waals surface area contributed by atoms with Crippen molar-refractivity contribution < 1.29 is 22.3 Å². The van der Waals surface area contributed by atoms with E-state index in [1.165, 1.54) is 18.2 Å². The Labute approximate surface area is 317 Å². The third-order valence-corrected chi connectivity index (χ3v) is 12.1. The molecule has 284 valence electrons. The van der Waals surface area contributed by atoms with Crippen molar-refractivity contribution >= 4 is 32.9 Å². The number of nitrogens with zero attached hydrogens (tertiary/aromatic N) is 5. The van der Waals surface area contributed by atoms with Crippen molar-refractivity contribution in [3.63, 3.8) is 0 Å². The van der Waals surface area contributed by atoms with E-state index in [-0.39, 0.29) is 45.9 Å². The van der Waals surface area contributed by atoms with E-state index in [4.69, 9.17) is 9.72 Å². The van der Waals surface area contributed by atoms with Crippen molar-refractivity contribution in [2.24, 2.45) is 18.9 Å². The summed E-state index contributed by atoms with van der Waals surface area (Å²) in [5.74, 6) is -0.604. The van der Waals surface area contributed by atoms with Gasteiger partial charge in [-0.2, -0.15) is 4.98 Å². The summed E-state index contributed by atoms with van der Waals surface area (Å²) in [6, 6.07) is 15.8. The second-order valence-electron chi connectivity index (χ2n) is 16.3. The number of halogens is 1. The quantitative estimate of drug-likeness (QED) is 0.195. The Balaban J connectivity index is 1.44. The minimum Gasteiger partial charge on any atom is -0.475 e. The minimum absolute atomic E-state index is 0.0113. The number of sulfonamides is 1. The number of fused-ring (bicyclic) bond motifs is 6. The number of pyridine rings is 1. The van der Waals surface area contributed by atoms with Crippen LogP contribution in [-0.4, -0.2) is 51.4 Å². The van der Waals surface area contributed by atoms with Crippen LogP contribution in [0, 0.1) is 31.5 Å². The molecule has 3 atom stereocenters. The molecule has 5 aromatic rings. The van der Waals surface area contributed by atoms with Crippen LogP contribution in [0.3, 0.4) is 0 Å². The predicted molar refractivity (Wildman–Crippen MR) is 209 cm³/mol. The highest BCUT2D eigenvalue weighted by Crippen LogP contribution is 2.41. The van der Waals surface area contributed by atoms with Gasteiger partial charge in [0.1, 0.15) is 23.8 Å². The van der Waals surface area contributed by atoms with Crippen LogP contribution in [-0.2, 0) is 22.5 Å². The largest absolute Gasteiger partial charge is 0.475 e. The van der Waals surface area contributed by atoms with Crippen molar-refractivity contribution in [3.05, 3.63) is 94.6 Å². The zero-order valence-electron chi connectivity index (χ0n) is 32.3. The average Bonchev–Trinajstić information content (AvgIpc) is 3.32. The van der Waals surface area contributed by atoms with Crippen molar-refractivity contribution in [1.82, 2.24) is 24.4 Å². The Morgan fingerprint density at radius 2 is 1.70 bits per heavy atom. The van der Waals surface area contributed by atoms with Crippen molar-refractivity contribution in [3.8, 4) is 17.1 Å². The minimum atomic E-state index is -4.25. The highest BCUT2D eigenvalue weighted by Gasteiger charge is 2.42. The Hall–Kier alpha value is -4.84. The number of hydrogen-bond acceptors (Lipinski definition) is 7. The number of amides is 1. The molecule has 0 aliphatic carbocycles. The van der Waals surface area contributed by atoms with Crippen LogP contribution in [0.4, 0.5) is 10.3 Å². The average molecular weight is 753 g/mol. The Kier molecular flexibility index (Phi) is 9.78. The van der Waals surface area contributed by atoms with E-state index < -0.39 is 33.8 Å². The molecule has 1 saturated heterocycles. The Bertz CT molecular complexity index is 2350. The van der Waals surface area contributed by atoms with Gasteiger partial charge in [0.15, 0.2) is 0 Å². The van der Waals surface area contributed by atoms with Crippen molar-refractivity contribution in [2.45, 2.75) is 96.5 Å². The Morgan fingerprint density at radius 3 is 2.41 bits per heavy atom. The number of ether oxygens (including phenoxy) is 1. The third kappa shape index (κ3) is 7.08. The summed E-state index contributed by atoms with van der Waals surface area (Å²) >= 11 is 0. The van der Waals surface area contributed by atoms with Crippen LogP contribution in [0.15, 0.2) is 65.6 Å². The third-order valence-electron chi connectivity index (χ3n) is 10.8. The summed E-state index contributed by atoms with van der Waals surface area (Å²) in [5.41, 5.74) is 5.05. The molecule has 2 aliphatic rings. The van der Waals surface area contributed by atoms with Gasteiger partial charge in [-0.25, -0.2) is 27.5 Å². The second-order valence-corrected chi connectivity index (χ2v) is 18.0.